The van der Waals surface area contributed by atoms with E-state index in [1.807, 2.05) is 6.92 Å². The Balaban J connectivity index is 1.88. The number of anilines is 1. The summed E-state index contributed by atoms with van der Waals surface area (Å²) in [6.45, 7) is 1.85. The van der Waals surface area contributed by atoms with Crippen LogP contribution in [0.25, 0.3) is 10.6 Å². The molecule has 114 valence electrons. The topological polar surface area (TPSA) is 72.2 Å². The lowest BCUT2D eigenvalue weighted by Crippen LogP contribution is -2.11. The van der Waals surface area contributed by atoms with Crippen LogP contribution >= 0.6 is 22.9 Å². The van der Waals surface area contributed by atoms with E-state index in [0.717, 1.165) is 16.9 Å². The molecule has 0 aliphatic heterocycles. The molecular weight excluding hydrogens is 344 g/mol. The Bertz CT molecular complexity index is 902. The molecule has 1 aromatic carbocycles. The number of nitrogens with one attached hydrogen (secondary N) is 1. The second-order valence-electron chi connectivity index (χ2n) is 4.56. The van der Waals surface area contributed by atoms with Crippen LogP contribution in [0.3, 0.4) is 0 Å². The van der Waals surface area contributed by atoms with Crippen LogP contribution in [-0.2, 0) is 10.0 Å². The molecule has 0 atom stereocenters. The van der Waals surface area contributed by atoms with Crippen molar-refractivity contribution in [3.63, 3.8) is 0 Å². The summed E-state index contributed by atoms with van der Waals surface area (Å²) < 4.78 is 32.5. The molecule has 0 aliphatic rings. The van der Waals surface area contributed by atoms with E-state index in [1.165, 1.54) is 12.3 Å². The average molecular weight is 355 g/mol. The lowest BCUT2D eigenvalue weighted by Gasteiger charge is -2.07. The summed E-state index contributed by atoms with van der Waals surface area (Å²) in [5.41, 5.74) is 1.30. The summed E-state index contributed by atoms with van der Waals surface area (Å²) in [7, 11) is -3.67. The van der Waals surface area contributed by atoms with Gasteiger partial charge in [0.2, 0.25) is 0 Å². The molecule has 2 aromatic heterocycles. The normalized spacial score (nSPS) is 11.5. The fraction of sp³-hybridized carbons (Fsp3) is 0.0714. The van der Waals surface area contributed by atoms with Crippen molar-refractivity contribution < 1.29 is 12.9 Å². The summed E-state index contributed by atoms with van der Waals surface area (Å²) in [5.74, 6) is 0.532. The Morgan fingerprint density at radius 2 is 2.05 bits per heavy atom. The first-order chi connectivity index (χ1) is 10.5. The predicted molar refractivity (Wildman–Crippen MR) is 86.8 cm³/mol. The maximum Gasteiger partial charge on any atom is 0.271 e. The zero-order valence-electron chi connectivity index (χ0n) is 11.4. The minimum atomic E-state index is -3.67. The molecule has 0 radical (unpaired) electrons. The van der Waals surface area contributed by atoms with E-state index in [1.54, 1.807) is 30.3 Å². The van der Waals surface area contributed by atoms with Gasteiger partial charge in [-0.2, -0.15) is 0 Å². The number of rotatable bonds is 4. The molecule has 22 heavy (non-hydrogen) atoms. The van der Waals surface area contributed by atoms with E-state index >= 15 is 0 Å². The van der Waals surface area contributed by atoms with Crippen LogP contribution in [0.5, 0.6) is 0 Å². The molecule has 0 amide bonds. The van der Waals surface area contributed by atoms with Gasteiger partial charge in [-0.05, 0) is 36.8 Å². The van der Waals surface area contributed by atoms with Gasteiger partial charge in [-0.15, -0.1) is 11.3 Å². The lowest BCUT2D eigenvalue weighted by atomic mass is 10.2. The van der Waals surface area contributed by atoms with Crippen LogP contribution in [0.15, 0.2) is 51.3 Å². The van der Waals surface area contributed by atoms with Crippen LogP contribution in [0, 0.1) is 6.92 Å². The second-order valence-corrected chi connectivity index (χ2v) is 7.97. The zero-order chi connectivity index (χ0) is 15.7. The van der Waals surface area contributed by atoms with E-state index in [0.29, 0.717) is 21.3 Å². The molecule has 0 unspecified atom stereocenters. The molecule has 0 bridgehead atoms. The number of nitrogens with zero attached hydrogens (tertiary/aromatic N) is 1. The van der Waals surface area contributed by atoms with Crippen LogP contribution < -0.4 is 4.72 Å². The average Bonchev–Trinajstić information content (AvgIpc) is 3.12. The van der Waals surface area contributed by atoms with Gasteiger partial charge in [0.1, 0.15) is 4.21 Å². The fourth-order valence-corrected chi connectivity index (χ4v) is 4.30. The minimum absolute atomic E-state index is 0.190. The molecule has 1 N–H and O–H groups in total. The van der Waals surface area contributed by atoms with Crippen LogP contribution in [0.2, 0.25) is 5.02 Å². The number of halogens is 1. The van der Waals surface area contributed by atoms with Crippen molar-refractivity contribution in [2.45, 2.75) is 11.1 Å². The van der Waals surface area contributed by atoms with Crippen molar-refractivity contribution in [3.8, 4) is 10.6 Å². The summed E-state index contributed by atoms with van der Waals surface area (Å²) >= 11 is 7.12. The Morgan fingerprint density at radius 3 is 2.73 bits per heavy atom. The van der Waals surface area contributed by atoms with Gasteiger partial charge in [-0.3, -0.25) is 4.72 Å². The molecule has 3 aromatic rings. The third-order valence-corrected chi connectivity index (χ3v) is 6.33. The maximum absolute atomic E-state index is 12.4. The smallest absolute Gasteiger partial charge is 0.271 e. The summed E-state index contributed by atoms with van der Waals surface area (Å²) in [6, 6.07) is 9.90. The standard InChI is InChI=1S/C14H11ClN2O3S2/c1-9-2-3-10(8-11(9)15)17-22(18,19)14-5-4-13(21-14)12-6-7-16-20-12/h2-8,17H,1H3. The van der Waals surface area contributed by atoms with Crippen molar-refractivity contribution in [1.82, 2.24) is 5.16 Å². The Kier molecular flexibility index (Phi) is 3.94. The number of benzene rings is 1. The molecular formula is C14H11ClN2O3S2. The molecule has 0 saturated carbocycles. The van der Waals surface area contributed by atoms with Crippen molar-refractivity contribution in [2.75, 3.05) is 4.72 Å². The van der Waals surface area contributed by atoms with Gasteiger partial charge in [0.15, 0.2) is 5.76 Å². The first-order valence-electron chi connectivity index (χ1n) is 6.25. The van der Waals surface area contributed by atoms with Crippen LogP contribution in [-0.4, -0.2) is 13.6 Å². The summed E-state index contributed by atoms with van der Waals surface area (Å²) in [4.78, 5) is 0.694. The third kappa shape index (κ3) is 3.01. The van der Waals surface area contributed by atoms with Crippen LogP contribution in [0.1, 0.15) is 5.56 Å². The van der Waals surface area contributed by atoms with Gasteiger partial charge in [0.25, 0.3) is 10.0 Å². The predicted octanol–water partition coefficient (Wildman–Crippen LogP) is 4.17. The zero-order valence-corrected chi connectivity index (χ0v) is 13.8. The fourth-order valence-electron chi connectivity index (χ4n) is 1.80. The first-order valence-corrected chi connectivity index (χ1v) is 8.93. The number of hydrogen-bond acceptors (Lipinski definition) is 5. The quantitative estimate of drug-likeness (QED) is 0.763. The largest absolute Gasteiger partial charge is 0.355 e. The highest BCUT2D eigenvalue weighted by Gasteiger charge is 2.18. The Labute approximate surface area is 136 Å². The second kappa shape index (κ2) is 5.75. The number of aryl methyl sites for hydroxylation is 1. The van der Waals surface area contributed by atoms with E-state index in [9.17, 15) is 8.42 Å². The highest BCUT2D eigenvalue weighted by molar-refractivity contribution is 7.94. The van der Waals surface area contributed by atoms with Crippen LogP contribution in [0.4, 0.5) is 5.69 Å². The van der Waals surface area contributed by atoms with E-state index < -0.39 is 10.0 Å². The first kappa shape index (κ1) is 15.1. The van der Waals surface area contributed by atoms with Gasteiger partial charge < -0.3 is 4.52 Å². The summed E-state index contributed by atoms with van der Waals surface area (Å²) in [5, 5.41) is 4.12. The van der Waals surface area contributed by atoms with Gasteiger partial charge >= 0.3 is 0 Å². The molecule has 3 rings (SSSR count). The minimum Gasteiger partial charge on any atom is -0.355 e. The van der Waals surface area contributed by atoms with Crippen molar-refractivity contribution in [3.05, 3.63) is 53.2 Å². The highest BCUT2D eigenvalue weighted by Crippen LogP contribution is 2.31. The van der Waals surface area contributed by atoms with Gasteiger partial charge in [-0.1, -0.05) is 22.8 Å². The molecule has 2 heterocycles. The molecule has 0 fully saturated rings. The van der Waals surface area contributed by atoms with Gasteiger partial charge in [0.05, 0.1) is 16.8 Å². The molecule has 8 heteroatoms. The van der Waals surface area contributed by atoms with Crippen molar-refractivity contribution >= 4 is 38.6 Å². The van der Waals surface area contributed by atoms with E-state index in [2.05, 4.69) is 9.88 Å². The molecule has 5 nitrogen and oxygen atoms in total. The highest BCUT2D eigenvalue weighted by atomic mass is 35.5. The maximum atomic E-state index is 12.4. The number of thiophene rings is 1. The van der Waals surface area contributed by atoms with Gasteiger partial charge in [-0.25, -0.2) is 8.42 Å². The monoisotopic (exact) mass is 354 g/mol. The number of sulfonamides is 1. The van der Waals surface area contributed by atoms with E-state index in [4.69, 9.17) is 16.1 Å². The lowest BCUT2D eigenvalue weighted by molar-refractivity contribution is 0.433. The van der Waals surface area contributed by atoms with E-state index in [-0.39, 0.29) is 4.21 Å². The van der Waals surface area contributed by atoms with Crippen molar-refractivity contribution in [2.24, 2.45) is 0 Å². The molecule has 0 spiro atoms. The Hall–Kier alpha value is -1.83. The number of hydrogen-bond donors (Lipinski definition) is 1. The molecule has 0 saturated heterocycles. The summed E-state index contributed by atoms with van der Waals surface area (Å²) in [6.07, 6.45) is 1.51. The van der Waals surface area contributed by atoms with Gasteiger partial charge in [0, 0.05) is 11.1 Å². The van der Waals surface area contributed by atoms with Crippen molar-refractivity contribution in [1.29, 1.82) is 0 Å². The third-order valence-electron chi connectivity index (χ3n) is 2.95. The molecule has 0 aliphatic carbocycles. The number of aromatic nitrogens is 1. The Morgan fingerprint density at radius 1 is 1.23 bits per heavy atom. The SMILES string of the molecule is Cc1ccc(NS(=O)(=O)c2ccc(-c3ccno3)s2)cc1Cl.